The van der Waals surface area contributed by atoms with Gasteiger partial charge in [-0.3, -0.25) is 4.79 Å². The third-order valence-corrected chi connectivity index (χ3v) is 4.89. The summed E-state index contributed by atoms with van der Waals surface area (Å²) in [4.78, 5) is 13.6. The lowest BCUT2D eigenvalue weighted by molar-refractivity contribution is -0.139. The Morgan fingerprint density at radius 1 is 1.19 bits per heavy atom. The quantitative estimate of drug-likeness (QED) is 0.391. The van der Waals surface area contributed by atoms with Gasteiger partial charge in [-0.1, -0.05) is 42.5 Å². The molecule has 0 aliphatic rings. The van der Waals surface area contributed by atoms with Crippen LogP contribution in [0.15, 0.2) is 48.5 Å². The molecular weight excluding hydrogens is 453 g/mol. The van der Waals surface area contributed by atoms with E-state index in [1.807, 2.05) is 30.3 Å². The summed E-state index contributed by atoms with van der Waals surface area (Å²) < 4.78 is 11.7. The topological polar surface area (TPSA) is 38.8 Å². The molecule has 5 heteroatoms. The molecule has 0 unspecified atom stereocenters. The van der Waals surface area contributed by atoms with E-state index in [1.54, 1.807) is 0 Å². The zero-order valence-corrected chi connectivity index (χ0v) is 18.2. The molecule has 0 aliphatic heterocycles. The second kappa shape index (κ2) is 11.1. The van der Waals surface area contributed by atoms with Crippen molar-refractivity contribution in [2.45, 2.75) is 19.4 Å². The van der Waals surface area contributed by atoms with E-state index in [0.29, 0.717) is 6.61 Å². The van der Waals surface area contributed by atoms with E-state index in [-0.39, 0.29) is 12.4 Å². The van der Waals surface area contributed by atoms with Crippen molar-refractivity contribution in [3.05, 3.63) is 68.8 Å². The van der Waals surface area contributed by atoms with Gasteiger partial charge in [0.05, 0.1) is 17.1 Å². The second-order valence-electron chi connectivity index (χ2n) is 6.50. The molecule has 0 fully saturated rings. The van der Waals surface area contributed by atoms with E-state index in [0.717, 1.165) is 33.4 Å². The third-order valence-electron chi connectivity index (χ3n) is 4.05. The van der Waals surface area contributed by atoms with Gasteiger partial charge in [0.1, 0.15) is 12.4 Å². The number of hydrogen-bond acceptors (Lipinski definition) is 4. The van der Waals surface area contributed by atoms with E-state index in [9.17, 15) is 4.79 Å². The largest absolute Gasteiger partial charge is 0.488 e. The van der Waals surface area contributed by atoms with Crippen LogP contribution in [0.1, 0.15) is 23.1 Å². The standard InChI is InChI=1S/C22H26INO3/c1-24(2)13-7-6-9-18-8-4-5-10-19(18)16-27-21-12-11-17(14-20(21)23)15-22(25)26-3/h4-6,8-12,14H,7,13,15-16H2,1-3H3/b9-6+. The summed E-state index contributed by atoms with van der Waals surface area (Å²) in [6, 6.07) is 14.0. The number of ether oxygens (including phenoxy) is 2. The van der Waals surface area contributed by atoms with Crippen LogP contribution < -0.4 is 4.74 Å². The highest BCUT2D eigenvalue weighted by atomic mass is 127. The van der Waals surface area contributed by atoms with Crippen molar-refractivity contribution in [3.8, 4) is 5.75 Å². The second-order valence-corrected chi connectivity index (χ2v) is 7.66. The Morgan fingerprint density at radius 2 is 1.96 bits per heavy atom. The molecule has 0 radical (unpaired) electrons. The highest BCUT2D eigenvalue weighted by Gasteiger charge is 2.08. The normalized spacial score (nSPS) is 11.1. The van der Waals surface area contributed by atoms with Crippen LogP contribution >= 0.6 is 22.6 Å². The summed E-state index contributed by atoms with van der Waals surface area (Å²) in [6.07, 6.45) is 5.64. The minimum absolute atomic E-state index is 0.241. The monoisotopic (exact) mass is 479 g/mol. The number of halogens is 1. The fraction of sp³-hybridized carbons (Fsp3) is 0.318. The number of carbonyl (C=O) groups is 1. The molecule has 0 aromatic heterocycles. The van der Waals surface area contributed by atoms with Crippen LogP contribution in [0.25, 0.3) is 6.08 Å². The summed E-state index contributed by atoms with van der Waals surface area (Å²) in [7, 11) is 5.55. The van der Waals surface area contributed by atoms with Crippen LogP contribution in [-0.4, -0.2) is 38.6 Å². The van der Waals surface area contributed by atoms with Crippen LogP contribution in [-0.2, 0) is 22.6 Å². The molecule has 2 rings (SSSR count). The molecule has 0 aliphatic carbocycles. The predicted octanol–water partition coefficient (Wildman–Crippen LogP) is 4.55. The molecule has 27 heavy (non-hydrogen) atoms. The Labute approximate surface area is 175 Å². The zero-order chi connectivity index (χ0) is 19.6. The Kier molecular flexibility index (Phi) is 8.81. The molecule has 0 amide bonds. The fourth-order valence-electron chi connectivity index (χ4n) is 2.54. The van der Waals surface area contributed by atoms with Gasteiger partial charge in [-0.25, -0.2) is 0 Å². The van der Waals surface area contributed by atoms with Crippen molar-refractivity contribution in [1.29, 1.82) is 0 Å². The lowest BCUT2D eigenvalue weighted by Gasteiger charge is -2.12. The van der Waals surface area contributed by atoms with Gasteiger partial charge >= 0.3 is 5.97 Å². The zero-order valence-electron chi connectivity index (χ0n) is 16.1. The molecule has 144 valence electrons. The Balaban J connectivity index is 2.01. The van der Waals surface area contributed by atoms with E-state index >= 15 is 0 Å². The van der Waals surface area contributed by atoms with Gasteiger partial charge in [-0.05, 0) is 71.9 Å². The summed E-state index contributed by atoms with van der Waals surface area (Å²) in [5.41, 5.74) is 3.24. The van der Waals surface area contributed by atoms with Crippen molar-refractivity contribution < 1.29 is 14.3 Å². The first kappa shape index (κ1) is 21.4. The Morgan fingerprint density at radius 3 is 2.67 bits per heavy atom. The van der Waals surface area contributed by atoms with Crippen LogP contribution in [0.2, 0.25) is 0 Å². The summed E-state index contributed by atoms with van der Waals surface area (Å²) in [6.45, 7) is 1.53. The van der Waals surface area contributed by atoms with Gasteiger partial charge < -0.3 is 14.4 Å². The molecule has 0 bridgehead atoms. The number of hydrogen-bond donors (Lipinski definition) is 0. The number of benzene rings is 2. The first-order valence-electron chi connectivity index (χ1n) is 8.87. The van der Waals surface area contributed by atoms with Crippen LogP contribution in [0.4, 0.5) is 0 Å². The van der Waals surface area contributed by atoms with E-state index < -0.39 is 0 Å². The Bertz CT molecular complexity index is 787. The predicted molar refractivity (Wildman–Crippen MR) is 118 cm³/mol. The molecule has 2 aromatic carbocycles. The average molecular weight is 479 g/mol. The summed E-state index contributed by atoms with van der Waals surface area (Å²) >= 11 is 2.23. The number of rotatable bonds is 9. The van der Waals surface area contributed by atoms with Crippen LogP contribution in [0, 0.1) is 3.57 Å². The molecule has 2 aromatic rings. The molecule has 0 saturated carbocycles. The maximum absolute atomic E-state index is 11.4. The SMILES string of the molecule is COC(=O)Cc1ccc(OCc2ccccc2/C=C/CCN(C)C)c(I)c1. The number of nitrogens with zero attached hydrogens (tertiary/aromatic N) is 1. The minimum Gasteiger partial charge on any atom is -0.488 e. The van der Waals surface area contributed by atoms with Gasteiger partial charge in [0.15, 0.2) is 0 Å². The van der Waals surface area contributed by atoms with Crippen molar-refractivity contribution in [2.24, 2.45) is 0 Å². The molecule has 0 heterocycles. The summed E-state index contributed by atoms with van der Waals surface area (Å²) in [5, 5.41) is 0. The lowest BCUT2D eigenvalue weighted by atomic mass is 10.1. The van der Waals surface area contributed by atoms with Crippen LogP contribution in [0.5, 0.6) is 5.75 Å². The molecule has 0 N–H and O–H groups in total. The maximum atomic E-state index is 11.4. The minimum atomic E-state index is -0.241. The van der Waals surface area contributed by atoms with E-state index in [1.165, 1.54) is 12.7 Å². The average Bonchev–Trinajstić information content (AvgIpc) is 2.65. The smallest absolute Gasteiger partial charge is 0.309 e. The highest BCUT2D eigenvalue weighted by molar-refractivity contribution is 14.1. The van der Waals surface area contributed by atoms with E-state index in [4.69, 9.17) is 9.47 Å². The van der Waals surface area contributed by atoms with Gasteiger partial charge in [-0.2, -0.15) is 0 Å². The van der Waals surface area contributed by atoms with Crippen molar-refractivity contribution >= 4 is 34.6 Å². The van der Waals surface area contributed by atoms with Crippen molar-refractivity contribution in [1.82, 2.24) is 4.90 Å². The first-order chi connectivity index (χ1) is 13.0. The molecule has 0 spiro atoms. The van der Waals surface area contributed by atoms with Gasteiger partial charge in [-0.15, -0.1) is 0 Å². The number of esters is 1. The van der Waals surface area contributed by atoms with Gasteiger partial charge in [0, 0.05) is 6.54 Å². The summed E-state index contributed by atoms with van der Waals surface area (Å²) in [5.74, 6) is 0.574. The first-order valence-corrected chi connectivity index (χ1v) is 9.94. The molecule has 0 atom stereocenters. The van der Waals surface area contributed by atoms with Crippen LogP contribution in [0.3, 0.4) is 0 Å². The maximum Gasteiger partial charge on any atom is 0.309 e. The molecule has 0 saturated heterocycles. The Hall–Kier alpha value is -1.86. The molecule has 4 nitrogen and oxygen atoms in total. The molecular formula is C22H26INO3. The van der Waals surface area contributed by atoms with Crippen molar-refractivity contribution in [3.63, 3.8) is 0 Å². The third kappa shape index (κ3) is 7.34. The fourth-order valence-corrected chi connectivity index (χ4v) is 3.27. The lowest BCUT2D eigenvalue weighted by Crippen LogP contribution is -2.11. The van der Waals surface area contributed by atoms with Gasteiger partial charge in [0.25, 0.3) is 0 Å². The van der Waals surface area contributed by atoms with E-state index in [2.05, 4.69) is 65.9 Å². The van der Waals surface area contributed by atoms with Crippen molar-refractivity contribution in [2.75, 3.05) is 27.7 Å². The number of methoxy groups -OCH3 is 1. The number of carbonyl (C=O) groups excluding carboxylic acids is 1. The van der Waals surface area contributed by atoms with Gasteiger partial charge in [0.2, 0.25) is 0 Å². The highest BCUT2D eigenvalue weighted by Crippen LogP contribution is 2.24.